The molecule has 0 bridgehead atoms. The lowest BCUT2D eigenvalue weighted by atomic mass is 9.85. The van der Waals surface area contributed by atoms with E-state index in [4.69, 9.17) is 23.5 Å². The minimum absolute atomic E-state index is 0.150. The maximum atomic E-state index is 6.87. The predicted octanol–water partition coefficient (Wildman–Crippen LogP) is 11.7. The smallest absolute Gasteiger partial charge is 0.231 e. The van der Waals surface area contributed by atoms with Gasteiger partial charge in [-0.25, -0.2) is 4.98 Å². The largest absolute Gasteiger partial charge is 0.456 e. The van der Waals surface area contributed by atoms with Crippen molar-refractivity contribution in [3.8, 4) is 28.7 Å². The summed E-state index contributed by atoms with van der Waals surface area (Å²) in [4.78, 5) is 10.2. The lowest BCUT2D eigenvalue weighted by Gasteiger charge is -2.24. The molecule has 0 fully saturated rings. The number of para-hydroxylation sites is 2. The van der Waals surface area contributed by atoms with Crippen LogP contribution in [-0.2, 0) is 10.8 Å². The molecule has 0 N–H and O–H groups in total. The van der Waals surface area contributed by atoms with Crippen molar-refractivity contribution in [2.24, 2.45) is 0 Å². The second-order valence-corrected chi connectivity index (χ2v) is 14.8. The van der Waals surface area contributed by atoms with Crippen LogP contribution in [0.1, 0.15) is 52.7 Å². The molecule has 0 amide bonds. The molecule has 0 aliphatic heterocycles. The third kappa shape index (κ3) is 4.39. The minimum atomic E-state index is -0.209. The van der Waals surface area contributed by atoms with Crippen LogP contribution < -0.4 is 4.74 Å². The van der Waals surface area contributed by atoms with Crippen molar-refractivity contribution < 1.29 is 13.6 Å². The van der Waals surface area contributed by atoms with E-state index >= 15 is 0 Å². The molecule has 5 aromatic heterocycles. The van der Waals surface area contributed by atoms with Gasteiger partial charge in [-0.1, -0.05) is 84.0 Å². The molecule has 236 valence electrons. The van der Waals surface area contributed by atoms with Crippen LogP contribution in [0.5, 0.6) is 11.6 Å². The molecule has 6 nitrogen and oxygen atoms in total. The first-order chi connectivity index (χ1) is 23.0. The Morgan fingerprint density at radius 3 is 1.98 bits per heavy atom. The highest BCUT2D eigenvalue weighted by Gasteiger charge is 2.25. The van der Waals surface area contributed by atoms with Crippen LogP contribution >= 0.6 is 0 Å². The van der Waals surface area contributed by atoms with Gasteiger partial charge in [-0.15, -0.1) is 0 Å². The summed E-state index contributed by atoms with van der Waals surface area (Å²) in [6, 6.07) is 35.4. The average Bonchev–Trinajstić information content (AvgIpc) is 3.73. The average molecular weight is 630 g/mol. The van der Waals surface area contributed by atoms with Gasteiger partial charge in [0.1, 0.15) is 28.3 Å². The van der Waals surface area contributed by atoms with Crippen LogP contribution in [0.25, 0.3) is 72.1 Å². The van der Waals surface area contributed by atoms with Crippen molar-refractivity contribution in [2.75, 3.05) is 0 Å². The first-order valence-corrected chi connectivity index (χ1v) is 16.4. The number of hydrogen-bond donors (Lipinski definition) is 0. The molecule has 0 aliphatic rings. The van der Waals surface area contributed by atoms with E-state index in [2.05, 4.69) is 119 Å². The molecule has 0 aliphatic carbocycles. The molecular formula is C42H35N3O3. The van der Waals surface area contributed by atoms with Crippen LogP contribution in [0.2, 0.25) is 0 Å². The Balaban J connectivity index is 1.22. The Kier molecular flexibility index (Phi) is 5.92. The number of pyridine rings is 2. The molecule has 0 saturated carbocycles. The van der Waals surface area contributed by atoms with Gasteiger partial charge in [0.15, 0.2) is 0 Å². The highest BCUT2D eigenvalue weighted by molar-refractivity contribution is 6.19. The number of hydrogen-bond acceptors (Lipinski definition) is 5. The van der Waals surface area contributed by atoms with Crippen LogP contribution in [-0.4, -0.2) is 14.5 Å². The summed E-state index contributed by atoms with van der Waals surface area (Å²) in [5.41, 5.74) is 8.58. The highest BCUT2D eigenvalue weighted by atomic mass is 16.5. The zero-order valence-electron chi connectivity index (χ0n) is 27.9. The van der Waals surface area contributed by atoms with Gasteiger partial charge in [0, 0.05) is 28.0 Å². The zero-order valence-corrected chi connectivity index (χ0v) is 27.9. The van der Waals surface area contributed by atoms with Crippen LogP contribution in [0.4, 0.5) is 0 Å². The summed E-state index contributed by atoms with van der Waals surface area (Å²) in [5, 5.41) is 4.29. The molecule has 9 aromatic rings. The number of ether oxygens (including phenoxy) is 1. The number of rotatable bonds is 4. The number of aromatic nitrogens is 3. The van der Waals surface area contributed by atoms with E-state index in [9.17, 15) is 0 Å². The van der Waals surface area contributed by atoms with Crippen LogP contribution in [0, 0.1) is 0 Å². The van der Waals surface area contributed by atoms with Gasteiger partial charge in [0.2, 0.25) is 11.6 Å². The molecule has 48 heavy (non-hydrogen) atoms. The molecular weight excluding hydrogens is 594 g/mol. The summed E-state index contributed by atoms with van der Waals surface area (Å²) < 4.78 is 21.5. The van der Waals surface area contributed by atoms with Crippen molar-refractivity contribution >= 4 is 55.0 Å². The van der Waals surface area contributed by atoms with Crippen molar-refractivity contribution in [1.82, 2.24) is 14.5 Å². The van der Waals surface area contributed by atoms with Crippen molar-refractivity contribution in [3.05, 3.63) is 114 Å². The van der Waals surface area contributed by atoms with E-state index in [1.807, 2.05) is 30.3 Å². The summed E-state index contributed by atoms with van der Waals surface area (Å²) in [6.07, 6.45) is 0. The van der Waals surface area contributed by atoms with Crippen molar-refractivity contribution in [1.29, 1.82) is 0 Å². The predicted molar refractivity (Wildman–Crippen MR) is 194 cm³/mol. The van der Waals surface area contributed by atoms with Gasteiger partial charge in [-0.2, -0.15) is 4.98 Å². The molecule has 4 aromatic carbocycles. The van der Waals surface area contributed by atoms with Crippen molar-refractivity contribution in [3.63, 3.8) is 0 Å². The van der Waals surface area contributed by atoms with Gasteiger partial charge in [-0.05, 0) is 71.0 Å². The Morgan fingerprint density at radius 2 is 1.29 bits per heavy atom. The highest BCUT2D eigenvalue weighted by Crippen LogP contribution is 2.42. The summed E-state index contributed by atoms with van der Waals surface area (Å²) in [7, 11) is 0. The third-order valence-corrected chi connectivity index (χ3v) is 9.36. The van der Waals surface area contributed by atoms with Crippen LogP contribution in [0.3, 0.4) is 0 Å². The second kappa shape index (κ2) is 9.94. The van der Waals surface area contributed by atoms with E-state index in [0.29, 0.717) is 17.3 Å². The maximum Gasteiger partial charge on any atom is 0.231 e. The third-order valence-electron chi connectivity index (χ3n) is 9.36. The van der Waals surface area contributed by atoms with E-state index in [-0.39, 0.29) is 10.8 Å². The quantitative estimate of drug-likeness (QED) is 0.194. The van der Waals surface area contributed by atoms with Gasteiger partial charge in [0.25, 0.3) is 0 Å². The Morgan fingerprint density at radius 1 is 0.604 bits per heavy atom. The van der Waals surface area contributed by atoms with Gasteiger partial charge >= 0.3 is 0 Å². The second-order valence-electron chi connectivity index (χ2n) is 14.8. The molecule has 0 saturated heterocycles. The normalized spacial score (nSPS) is 12.8. The molecule has 0 unspecified atom stereocenters. The minimum Gasteiger partial charge on any atom is -0.456 e. The van der Waals surface area contributed by atoms with Gasteiger partial charge in [-0.3, -0.25) is 4.57 Å². The Labute approximate surface area is 277 Å². The first-order valence-electron chi connectivity index (χ1n) is 16.4. The fourth-order valence-corrected chi connectivity index (χ4v) is 6.91. The van der Waals surface area contributed by atoms with E-state index < -0.39 is 0 Å². The zero-order chi connectivity index (χ0) is 32.9. The number of fused-ring (bicyclic) bond motifs is 3. The Bertz CT molecular complexity index is 2560. The molecule has 5 heterocycles. The van der Waals surface area contributed by atoms with Gasteiger partial charge < -0.3 is 13.6 Å². The standard InChI is InChI=1S/C42H35N3O3/c1-41(2,3)25-20-24(30-23-35-38-37-33(47-35)16-11-17-34(37)48-40(38)43-30)21-26(22-25)46-39-29(42(4,5)6)18-19-36(44-39)45-31-14-9-7-12-27(31)28-13-8-10-15-32(28)45/h7-23H,1-6H3. The number of furan rings is 2. The lowest BCUT2D eigenvalue weighted by molar-refractivity contribution is 0.434. The summed E-state index contributed by atoms with van der Waals surface area (Å²) >= 11 is 0. The molecule has 0 spiro atoms. The van der Waals surface area contributed by atoms with E-state index in [1.165, 1.54) is 10.8 Å². The van der Waals surface area contributed by atoms with Gasteiger partial charge in [0.05, 0.1) is 27.5 Å². The van der Waals surface area contributed by atoms with Crippen molar-refractivity contribution in [2.45, 2.75) is 52.4 Å². The molecule has 6 heteroatoms. The maximum absolute atomic E-state index is 6.87. The SMILES string of the molecule is CC(C)(C)c1cc(Oc2nc(-n3c4ccccc4c4ccccc43)ccc2C(C)(C)C)cc(-c2cc3oc4cccc5oc(n2)c3c45)c1. The topological polar surface area (TPSA) is 66.2 Å². The fraction of sp³-hybridized carbons (Fsp3) is 0.190. The van der Waals surface area contributed by atoms with E-state index in [0.717, 1.165) is 66.8 Å². The molecule has 9 rings (SSSR count). The Hall–Kier alpha value is -5.62. The number of benzene rings is 4. The fourth-order valence-electron chi connectivity index (χ4n) is 6.91. The first kappa shape index (κ1) is 28.6. The monoisotopic (exact) mass is 629 g/mol. The van der Waals surface area contributed by atoms with Crippen LogP contribution in [0.15, 0.2) is 112 Å². The molecule has 0 radical (unpaired) electrons. The summed E-state index contributed by atoms with van der Waals surface area (Å²) in [6.45, 7) is 13.2. The summed E-state index contributed by atoms with van der Waals surface area (Å²) in [5.74, 6) is 2.08. The number of nitrogens with zero attached hydrogens (tertiary/aromatic N) is 3. The molecule has 0 atom stereocenters. The van der Waals surface area contributed by atoms with E-state index in [1.54, 1.807) is 0 Å². The lowest BCUT2D eigenvalue weighted by Crippen LogP contribution is -2.15.